The third-order valence-electron chi connectivity index (χ3n) is 2.91. The number of thiophene rings is 2. The summed E-state index contributed by atoms with van der Waals surface area (Å²) in [6, 6.07) is 3.75. The lowest BCUT2D eigenvalue weighted by Gasteiger charge is -1.83. The van der Waals surface area contributed by atoms with Crippen LogP contribution in [0.1, 0.15) is 16.7 Å². The van der Waals surface area contributed by atoms with Crippen LogP contribution in [0.25, 0.3) is 20.2 Å². The van der Waals surface area contributed by atoms with E-state index >= 15 is 0 Å². The number of aromatic nitrogens is 1. The van der Waals surface area contributed by atoms with Crippen LogP contribution < -0.4 is 11.1 Å². The summed E-state index contributed by atoms with van der Waals surface area (Å²) in [6.45, 7) is 4.04. The highest BCUT2D eigenvalue weighted by molar-refractivity contribution is 7.27. The van der Waals surface area contributed by atoms with Crippen LogP contribution >= 0.6 is 22.7 Å². The summed E-state index contributed by atoms with van der Waals surface area (Å²) in [5.74, 6) is 0. The summed E-state index contributed by atoms with van der Waals surface area (Å²) in [5.41, 5.74) is -0.576. The van der Waals surface area contributed by atoms with Gasteiger partial charge in [0.05, 0.1) is 20.2 Å². The van der Waals surface area contributed by atoms with Gasteiger partial charge in [0.2, 0.25) is 0 Å². The van der Waals surface area contributed by atoms with Crippen LogP contribution in [0.15, 0.2) is 21.7 Å². The van der Waals surface area contributed by atoms with Crippen LogP contribution in [0.4, 0.5) is 0 Å². The van der Waals surface area contributed by atoms with E-state index in [2.05, 4.69) is 11.9 Å². The van der Waals surface area contributed by atoms with Crippen molar-refractivity contribution in [2.45, 2.75) is 20.3 Å². The van der Waals surface area contributed by atoms with Gasteiger partial charge in [-0.1, -0.05) is 6.92 Å². The van der Waals surface area contributed by atoms with Crippen molar-refractivity contribution >= 4 is 42.8 Å². The van der Waals surface area contributed by atoms with Crippen molar-refractivity contribution in [1.29, 1.82) is 0 Å². The molecule has 0 aliphatic rings. The Morgan fingerprint density at radius 2 is 1.67 bits per heavy atom. The molecule has 5 heteroatoms. The Labute approximate surface area is 111 Å². The van der Waals surface area contributed by atoms with Gasteiger partial charge >= 0.3 is 0 Å². The first-order chi connectivity index (χ1) is 8.60. The molecule has 0 saturated heterocycles. The Kier molecular flexibility index (Phi) is 2.60. The highest BCUT2D eigenvalue weighted by Gasteiger charge is 2.11. The van der Waals surface area contributed by atoms with Crippen molar-refractivity contribution in [2.24, 2.45) is 0 Å². The van der Waals surface area contributed by atoms with E-state index in [4.69, 9.17) is 0 Å². The van der Waals surface area contributed by atoms with Gasteiger partial charge in [-0.05, 0) is 25.5 Å². The number of fused-ring (bicyclic) bond motifs is 3. The quantitative estimate of drug-likeness (QED) is 0.743. The molecule has 92 valence electrons. The molecule has 3 rings (SSSR count). The molecule has 0 aliphatic carbocycles. The molecule has 3 nitrogen and oxygen atoms in total. The zero-order chi connectivity index (χ0) is 12.9. The van der Waals surface area contributed by atoms with Gasteiger partial charge in [0, 0.05) is 9.75 Å². The molecule has 3 aromatic rings. The monoisotopic (exact) mass is 277 g/mol. The first-order valence-electron chi connectivity index (χ1n) is 5.69. The Hall–Kier alpha value is -1.46. The van der Waals surface area contributed by atoms with E-state index in [1.165, 1.54) is 4.88 Å². The van der Waals surface area contributed by atoms with Crippen molar-refractivity contribution < 1.29 is 0 Å². The molecular formula is C13H11NO2S2. The van der Waals surface area contributed by atoms with Gasteiger partial charge in [-0.15, -0.1) is 22.7 Å². The van der Waals surface area contributed by atoms with E-state index in [-0.39, 0.29) is 11.1 Å². The van der Waals surface area contributed by atoms with Gasteiger partial charge in [0.15, 0.2) is 0 Å². The van der Waals surface area contributed by atoms with Crippen molar-refractivity contribution in [3.63, 3.8) is 0 Å². The maximum Gasteiger partial charge on any atom is 0.259 e. The molecule has 0 aromatic carbocycles. The predicted octanol–water partition coefficient (Wildman–Crippen LogP) is 3.04. The van der Waals surface area contributed by atoms with E-state index in [9.17, 15) is 9.59 Å². The SMILES string of the molecule is CCc1cc2c(=O)[nH]c(=O)c3cc(C)sc3c2s1. The summed E-state index contributed by atoms with van der Waals surface area (Å²) in [7, 11) is 0. The first kappa shape index (κ1) is 11.6. The van der Waals surface area contributed by atoms with Crippen LogP contribution in [0, 0.1) is 6.92 Å². The van der Waals surface area contributed by atoms with Crippen LogP contribution in [-0.2, 0) is 6.42 Å². The number of rotatable bonds is 1. The van der Waals surface area contributed by atoms with Crippen molar-refractivity contribution in [1.82, 2.24) is 4.98 Å². The van der Waals surface area contributed by atoms with Crippen molar-refractivity contribution in [3.05, 3.63) is 42.6 Å². The van der Waals surface area contributed by atoms with Gasteiger partial charge in [-0.2, -0.15) is 0 Å². The minimum Gasteiger partial charge on any atom is -0.288 e. The summed E-state index contributed by atoms with van der Waals surface area (Å²) >= 11 is 3.18. The third kappa shape index (κ3) is 1.62. The second-order valence-corrected chi connectivity index (χ2v) is 6.59. The number of aromatic amines is 1. The second kappa shape index (κ2) is 4.03. The largest absolute Gasteiger partial charge is 0.288 e. The fraction of sp³-hybridized carbons (Fsp3) is 0.231. The van der Waals surface area contributed by atoms with Gasteiger partial charge in [-0.25, -0.2) is 0 Å². The Bertz CT molecular complexity index is 870. The van der Waals surface area contributed by atoms with Crippen LogP contribution in [0.3, 0.4) is 0 Å². The lowest BCUT2D eigenvalue weighted by Crippen LogP contribution is -2.13. The molecule has 0 spiro atoms. The molecule has 0 atom stereocenters. The smallest absolute Gasteiger partial charge is 0.259 e. The lowest BCUT2D eigenvalue weighted by atomic mass is 10.3. The average molecular weight is 277 g/mol. The molecule has 0 amide bonds. The maximum absolute atomic E-state index is 12.0. The number of nitrogens with one attached hydrogen (secondary N) is 1. The number of hydrogen-bond donors (Lipinski definition) is 1. The fourth-order valence-electron chi connectivity index (χ4n) is 2.04. The number of aryl methyl sites for hydroxylation is 2. The standard InChI is InChI=1S/C13H11NO2S2/c1-3-7-5-9-11(18-7)10-8(4-6(2)17-10)12(15)14-13(9)16/h4-5H,3H2,1-2H3,(H,14,15,16). The van der Waals surface area contributed by atoms with E-state index in [0.29, 0.717) is 10.8 Å². The zero-order valence-corrected chi connectivity index (χ0v) is 11.6. The molecule has 1 N–H and O–H groups in total. The highest BCUT2D eigenvalue weighted by Crippen LogP contribution is 2.33. The molecule has 0 fully saturated rings. The summed E-state index contributed by atoms with van der Waals surface area (Å²) in [6.07, 6.45) is 0.901. The van der Waals surface area contributed by atoms with E-state index < -0.39 is 0 Å². The molecule has 0 unspecified atom stereocenters. The van der Waals surface area contributed by atoms with Gasteiger partial charge in [0.1, 0.15) is 0 Å². The molecule has 3 heterocycles. The van der Waals surface area contributed by atoms with Gasteiger partial charge in [0.25, 0.3) is 11.1 Å². The van der Waals surface area contributed by atoms with Crippen LogP contribution in [0.5, 0.6) is 0 Å². The Morgan fingerprint density at radius 3 is 2.33 bits per heavy atom. The van der Waals surface area contributed by atoms with Crippen LogP contribution in [-0.4, -0.2) is 4.98 Å². The third-order valence-corrected chi connectivity index (χ3v) is 5.40. The zero-order valence-electron chi connectivity index (χ0n) is 9.99. The number of hydrogen-bond acceptors (Lipinski definition) is 4. The average Bonchev–Trinajstić information content (AvgIpc) is 2.89. The molecule has 0 saturated carbocycles. The van der Waals surface area contributed by atoms with Crippen molar-refractivity contribution in [2.75, 3.05) is 0 Å². The molecular weight excluding hydrogens is 266 g/mol. The maximum atomic E-state index is 12.0. The van der Waals surface area contributed by atoms with Crippen molar-refractivity contribution in [3.8, 4) is 0 Å². The topological polar surface area (TPSA) is 49.9 Å². The Balaban J connectivity index is 2.68. The molecule has 0 bridgehead atoms. The van der Waals surface area contributed by atoms with Crippen LogP contribution in [0.2, 0.25) is 0 Å². The van der Waals surface area contributed by atoms with E-state index in [0.717, 1.165) is 20.7 Å². The lowest BCUT2D eigenvalue weighted by molar-refractivity contribution is 1.18. The minimum absolute atomic E-state index is 0.285. The molecule has 0 aliphatic heterocycles. The van der Waals surface area contributed by atoms with Gasteiger partial charge in [-0.3, -0.25) is 14.6 Å². The normalized spacial score (nSPS) is 11.4. The molecule has 18 heavy (non-hydrogen) atoms. The van der Waals surface area contributed by atoms with Gasteiger partial charge < -0.3 is 0 Å². The molecule has 3 aromatic heterocycles. The minimum atomic E-state index is -0.291. The second-order valence-electron chi connectivity index (χ2n) is 4.19. The summed E-state index contributed by atoms with van der Waals surface area (Å²) in [4.78, 5) is 28.6. The fourth-order valence-corrected chi connectivity index (χ4v) is 4.30. The number of H-pyrrole nitrogens is 1. The van der Waals surface area contributed by atoms with E-state index in [1.807, 2.05) is 19.1 Å². The highest BCUT2D eigenvalue weighted by atomic mass is 32.1. The predicted molar refractivity (Wildman–Crippen MR) is 78.2 cm³/mol. The summed E-state index contributed by atoms with van der Waals surface area (Å²) < 4.78 is 1.86. The summed E-state index contributed by atoms with van der Waals surface area (Å²) in [5, 5.41) is 1.25. The Morgan fingerprint density at radius 1 is 1.06 bits per heavy atom. The molecule has 0 radical (unpaired) electrons. The first-order valence-corrected chi connectivity index (χ1v) is 7.32. The van der Waals surface area contributed by atoms with E-state index in [1.54, 1.807) is 22.7 Å².